The molecule has 18 heavy (non-hydrogen) atoms. The molecule has 7 heteroatoms. The highest BCUT2D eigenvalue weighted by Crippen LogP contribution is 2.08. The highest BCUT2D eigenvalue weighted by atomic mass is 32.2. The summed E-state index contributed by atoms with van der Waals surface area (Å²) >= 11 is 0. The number of benzene rings is 1. The molecule has 6 nitrogen and oxygen atoms in total. The van der Waals surface area contributed by atoms with Crippen molar-refractivity contribution < 1.29 is 13.2 Å². The van der Waals surface area contributed by atoms with Crippen molar-refractivity contribution in [3.8, 4) is 0 Å². The van der Waals surface area contributed by atoms with Crippen molar-refractivity contribution >= 4 is 15.9 Å². The molecule has 100 valence electrons. The number of sulfonamides is 1. The van der Waals surface area contributed by atoms with Crippen LogP contribution in [0, 0.1) is 0 Å². The smallest absolute Gasteiger partial charge is 0.238 e. The number of carbonyl (C=O) groups is 1. The first-order chi connectivity index (χ1) is 8.30. The van der Waals surface area contributed by atoms with Crippen LogP contribution < -0.4 is 16.2 Å². The number of hydrogen-bond donors (Lipinski definition) is 3. The Morgan fingerprint density at radius 3 is 2.33 bits per heavy atom. The third-order valence-corrected chi connectivity index (χ3v) is 3.31. The van der Waals surface area contributed by atoms with Crippen molar-refractivity contribution in [3.63, 3.8) is 0 Å². The van der Waals surface area contributed by atoms with Gasteiger partial charge in [-0.05, 0) is 31.0 Å². The van der Waals surface area contributed by atoms with Gasteiger partial charge in [-0.15, -0.1) is 0 Å². The van der Waals surface area contributed by atoms with Crippen molar-refractivity contribution in [1.82, 2.24) is 5.32 Å². The Labute approximate surface area is 106 Å². The van der Waals surface area contributed by atoms with Crippen molar-refractivity contribution in [2.24, 2.45) is 10.9 Å². The van der Waals surface area contributed by atoms with E-state index >= 15 is 0 Å². The van der Waals surface area contributed by atoms with Crippen LogP contribution >= 0.6 is 0 Å². The van der Waals surface area contributed by atoms with Crippen LogP contribution in [-0.2, 0) is 21.2 Å². The van der Waals surface area contributed by atoms with Crippen LogP contribution in [0.15, 0.2) is 29.2 Å². The van der Waals surface area contributed by atoms with Gasteiger partial charge in [0.25, 0.3) is 0 Å². The van der Waals surface area contributed by atoms with Gasteiger partial charge in [-0.1, -0.05) is 12.1 Å². The maximum absolute atomic E-state index is 11.2. The van der Waals surface area contributed by atoms with E-state index in [0.29, 0.717) is 13.0 Å². The van der Waals surface area contributed by atoms with Crippen LogP contribution in [0.3, 0.4) is 0 Å². The average molecular weight is 271 g/mol. The Balaban J connectivity index is 2.53. The second kappa shape index (κ2) is 5.94. The van der Waals surface area contributed by atoms with E-state index in [1.807, 2.05) is 0 Å². The maximum Gasteiger partial charge on any atom is 0.238 e. The molecule has 1 amide bonds. The van der Waals surface area contributed by atoms with Gasteiger partial charge in [0.05, 0.1) is 10.9 Å². The van der Waals surface area contributed by atoms with Crippen LogP contribution in [0.4, 0.5) is 0 Å². The molecule has 0 aromatic heterocycles. The molecular formula is C11H17N3O3S. The molecule has 1 aromatic carbocycles. The number of hydrogen-bond acceptors (Lipinski definition) is 4. The van der Waals surface area contributed by atoms with Gasteiger partial charge in [-0.25, -0.2) is 13.6 Å². The van der Waals surface area contributed by atoms with Crippen molar-refractivity contribution in [2.45, 2.75) is 24.3 Å². The summed E-state index contributed by atoms with van der Waals surface area (Å²) < 4.78 is 22.1. The van der Waals surface area contributed by atoms with Gasteiger partial charge in [0, 0.05) is 6.54 Å². The SMILES string of the molecule is CC(N)C(=O)NCCc1ccc(S(N)(=O)=O)cc1. The molecular weight excluding hydrogens is 254 g/mol. The summed E-state index contributed by atoms with van der Waals surface area (Å²) in [6, 6.07) is 5.68. The summed E-state index contributed by atoms with van der Waals surface area (Å²) in [5.74, 6) is -0.212. The first-order valence-electron chi connectivity index (χ1n) is 5.46. The molecule has 0 aliphatic heterocycles. The second-order valence-electron chi connectivity index (χ2n) is 4.02. The van der Waals surface area contributed by atoms with E-state index in [1.165, 1.54) is 12.1 Å². The summed E-state index contributed by atoms with van der Waals surface area (Å²) in [7, 11) is -3.65. The number of rotatable bonds is 5. The highest BCUT2D eigenvalue weighted by Gasteiger charge is 2.08. The quantitative estimate of drug-likeness (QED) is 0.659. The van der Waals surface area contributed by atoms with Crippen LogP contribution in [0.25, 0.3) is 0 Å². The fraction of sp³-hybridized carbons (Fsp3) is 0.364. The first-order valence-corrected chi connectivity index (χ1v) is 7.00. The standard InChI is InChI=1S/C11H17N3O3S/c1-8(12)11(15)14-7-6-9-2-4-10(5-3-9)18(13,16)17/h2-5,8H,6-7,12H2,1H3,(H,14,15)(H2,13,16,17). The molecule has 0 saturated carbocycles. The van der Waals surface area contributed by atoms with Crippen molar-refractivity contribution in [1.29, 1.82) is 0 Å². The second-order valence-corrected chi connectivity index (χ2v) is 5.58. The lowest BCUT2D eigenvalue weighted by atomic mass is 10.1. The van der Waals surface area contributed by atoms with E-state index < -0.39 is 16.1 Å². The van der Waals surface area contributed by atoms with E-state index in [4.69, 9.17) is 10.9 Å². The molecule has 0 spiro atoms. The molecule has 0 radical (unpaired) electrons. The molecule has 0 aliphatic carbocycles. The topological polar surface area (TPSA) is 115 Å². The van der Waals surface area contributed by atoms with Gasteiger partial charge in [-0.3, -0.25) is 4.79 Å². The third kappa shape index (κ3) is 4.44. The van der Waals surface area contributed by atoms with Crippen molar-refractivity contribution in [2.75, 3.05) is 6.54 Å². The zero-order valence-electron chi connectivity index (χ0n) is 10.1. The van der Waals surface area contributed by atoms with E-state index in [1.54, 1.807) is 19.1 Å². The fourth-order valence-corrected chi connectivity index (χ4v) is 1.85. The molecule has 1 aromatic rings. The summed E-state index contributed by atoms with van der Waals surface area (Å²) in [5, 5.41) is 7.65. The molecule has 1 rings (SSSR count). The van der Waals surface area contributed by atoms with Gasteiger partial charge in [0.15, 0.2) is 0 Å². The predicted molar refractivity (Wildman–Crippen MR) is 68.2 cm³/mol. The molecule has 1 unspecified atom stereocenters. The summed E-state index contributed by atoms with van der Waals surface area (Å²) in [5.41, 5.74) is 6.30. The highest BCUT2D eigenvalue weighted by molar-refractivity contribution is 7.89. The van der Waals surface area contributed by atoms with Crippen LogP contribution in [0.1, 0.15) is 12.5 Å². The number of nitrogens with one attached hydrogen (secondary N) is 1. The molecule has 0 saturated heterocycles. The third-order valence-electron chi connectivity index (χ3n) is 2.38. The molecule has 5 N–H and O–H groups in total. The van der Waals surface area contributed by atoms with E-state index in [0.717, 1.165) is 5.56 Å². The minimum Gasteiger partial charge on any atom is -0.354 e. The lowest BCUT2D eigenvalue weighted by Gasteiger charge is -2.07. The zero-order chi connectivity index (χ0) is 13.8. The molecule has 0 bridgehead atoms. The summed E-state index contributed by atoms with van der Waals surface area (Å²) in [4.78, 5) is 11.3. The van der Waals surface area contributed by atoms with Crippen LogP contribution in [0.2, 0.25) is 0 Å². The normalized spacial score (nSPS) is 13.1. The largest absolute Gasteiger partial charge is 0.354 e. The lowest BCUT2D eigenvalue weighted by molar-refractivity contribution is -0.121. The molecule has 0 aliphatic rings. The van der Waals surface area contributed by atoms with Gasteiger partial charge in [-0.2, -0.15) is 0 Å². The molecule has 0 heterocycles. The molecule has 1 atom stereocenters. The van der Waals surface area contributed by atoms with Gasteiger partial charge in [0.1, 0.15) is 0 Å². The minimum atomic E-state index is -3.65. The lowest BCUT2D eigenvalue weighted by Crippen LogP contribution is -2.39. The van der Waals surface area contributed by atoms with Gasteiger partial charge in [0.2, 0.25) is 15.9 Å². The summed E-state index contributed by atoms with van der Waals surface area (Å²) in [6.45, 7) is 2.06. The van der Waals surface area contributed by atoms with Crippen LogP contribution in [-0.4, -0.2) is 26.9 Å². The fourth-order valence-electron chi connectivity index (χ4n) is 1.34. The number of primary sulfonamides is 1. The number of nitrogens with two attached hydrogens (primary N) is 2. The van der Waals surface area contributed by atoms with E-state index in [-0.39, 0.29) is 10.8 Å². The minimum absolute atomic E-state index is 0.0749. The van der Waals surface area contributed by atoms with E-state index in [9.17, 15) is 13.2 Å². The summed E-state index contributed by atoms with van der Waals surface area (Å²) in [6.07, 6.45) is 0.601. The Kier molecular flexibility index (Phi) is 4.83. The van der Waals surface area contributed by atoms with Gasteiger partial charge < -0.3 is 11.1 Å². The average Bonchev–Trinajstić information content (AvgIpc) is 2.28. The molecule has 0 fully saturated rings. The van der Waals surface area contributed by atoms with Gasteiger partial charge >= 0.3 is 0 Å². The van der Waals surface area contributed by atoms with E-state index in [2.05, 4.69) is 5.32 Å². The Morgan fingerprint density at radius 2 is 1.89 bits per heavy atom. The zero-order valence-corrected chi connectivity index (χ0v) is 10.9. The number of amides is 1. The first kappa shape index (κ1) is 14.6. The van der Waals surface area contributed by atoms with Crippen LogP contribution in [0.5, 0.6) is 0 Å². The maximum atomic E-state index is 11.2. The Bertz CT molecular complexity index is 509. The Morgan fingerprint density at radius 1 is 1.33 bits per heavy atom. The predicted octanol–water partition coefficient (Wildman–Crippen LogP) is -0.660. The number of carbonyl (C=O) groups excluding carboxylic acids is 1. The Hall–Kier alpha value is -1.44. The monoisotopic (exact) mass is 271 g/mol. The van der Waals surface area contributed by atoms with Crippen molar-refractivity contribution in [3.05, 3.63) is 29.8 Å².